The van der Waals surface area contributed by atoms with E-state index < -0.39 is 35.7 Å². The van der Waals surface area contributed by atoms with E-state index in [1.54, 1.807) is 20.8 Å². The maximum Gasteiger partial charge on any atom is 0.330 e. The third-order valence-corrected chi connectivity index (χ3v) is 2.98. The van der Waals surface area contributed by atoms with E-state index in [2.05, 4.69) is 5.32 Å². The topological polar surface area (TPSA) is 102 Å². The van der Waals surface area contributed by atoms with Crippen LogP contribution >= 0.6 is 0 Å². The lowest BCUT2D eigenvalue weighted by Crippen LogP contribution is -2.57. The summed E-state index contributed by atoms with van der Waals surface area (Å²) in [5.41, 5.74) is 5.34. The van der Waals surface area contributed by atoms with Crippen molar-refractivity contribution in [3.8, 4) is 0 Å². The third kappa shape index (κ3) is 7.43. The van der Waals surface area contributed by atoms with E-state index in [4.69, 9.17) is 10.5 Å². The lowest BCUT2D eigenvalue weighted by molar-refractivity contribution is -0.160. The number of hydrogen-bond donors (Lipinski definition) is 3. The van der Waals surface area contributed by atoms with Gasteiger partial charge in [-0.1, -0.05) is 27.2 Å². The summed E-state index contributed by atoms with van der Waals surface area (Å²) >= 11 is 0. The summed E-state index contributed by atoms with van der Waals surface area (Å²) in [6.07, 6.45) is -0.134. The van der Waals surface area contributed by atoms with E-state index in [9.17, 15) is 14.7 Å². The zero-order valence-corrected chi connectivity index (χ0v) is 14.0. The van der Waals surface area contributed by atoms with Gasteiger partial charge < -0.3 is 20.9 Å². The van der Waals surface area contributed by atoms with Crippen LogP contribution in [0.4, 0.5) is 0 Å². The molecule has 1 unspecified atom stereocenters. The number of rotatable bonds is 7. The molecule has 3 atom stereocenters. The highest BCUT2D eigenvalue weighted by molar-refractivity contribution is 5.87. The Bertz CT molecular complexity index is 350. The van der Waals surface area contributed by atoms with E-state index in [1.807, 2.05) is 20.8 Å². The number of nitrogens with two attached hydrogens (primary N) is 1. The Morgan fingerprint density at radius 1 is 1.29 bits per heavy atom. The number of amides is 1. The fourth-order valence-corrected chi connectivity index (χ4v) is 1.72. The van der Waals surface area contributed by atoms with Crippen LogP contribution in [0.5, 0.6) is 0 Å². The minimum atomic E-state index is -1.14. The molecule has 0 bridgehead atoms. The smallest absolute Gasteiger partial charge is 0.330 e. The van der Waals surface area contributed by atoms with Gasteiger partial charge in [-0.15, -0.1) is 0 Å². The second kappa shape index (κ2) is 8.34. The van der Waals surface area contributed by atoms with Crippen molar-refractivity contribution in [3.63, 3.8) is 0 Å². The molecule has 0 aromatic carbocycles. The molecule has 6 nitrogen and oxygen atoms in total. The van der Waals surface area contributed by atoms with Crippen molar-refractivity contribution < 1.29 is 19.4 Å². The predicted octanol–water partition coefficient (Wildman–Crippen LogP) is 0.957. The lowest BCUT2D eigenvalue weighted by atomic mass is 9.96. The average molecular weight is 302 g/mol. The Morgan fingerprint density at radius 2 is 1.81 bits per heavy atom. The van der Waals surface area contributed by atoms with Gasteiger partial charge in [0.2, 0.25) is 5.91 Å². The van der Waals surface area contributed by atoms with Crippen LogP contribution in [0.3, 0.4) is 0 Å². The zero-order valence-electron chi connectivity index (χ0n) is 14.0. The first-order valence-corrected chi connectivity index (χ1v) is 7.46. The summed E-state index contributed by atoms with van der Waals surface area (Å²) in [5.74, 6) is -1.20. The Morgan fingerprint density at radius 3 is 2.19 bits per heavy atom. The molecule has 0 saturated heterocycles. The van der Waals surface area contributed by atoms with Crippen molar-refractivity contribution in [2.24, 2.45) is 11.7 Å². The monoisotopic (exact) mass is 302 g/mol. The molecule has 124 valence electrons. The van der Waals surface area contributed by atoms with Gasteiger partial charge in [-0.3, -0.25) is 4.79 Å². The molecule has 21 heavy (non-hydrogen) atoms. The maximum atomic E-state index is 12.2. The fraction of sp³-hybridized carbons (Fsp3) is 0.867. The van der Waals surface area contributed by atoms with Crippen LogP contribution in [0.1, 0.15) is 54.4 Å². The molecule has 0 fully saturated rings. The molecule has 6 heteroatoms. The van der Waals surface area contributed by atoms with Crippen molar-refractivity contribution >= 4 is 11.9 Å². The zero-order chi connectivity index (χ0) is 16.8. The number of esters is 1. The Labute approximate surface area is 127 Å². The first-order chi connectivity index (χ1) is 9.49. The number of hydrogen-bond acceptors (Lipinski definition) is 5. The third-order valence-electron chi connectivity index (χ3n) is 2.98. The summed E-state index contributed by atoms with van der Waals surface area (Å²) in [4.78, 5) is 24.1. The minimum Gasteiger partial charge on any atom is -0.458 e. The van der Waals surface area contributed by atoms with Gasteiger partial charge in [-0.2, -0.15) is 0 Å². The van der Waals surface area contributed by atoms with Gasteiger partial charge in [-0.25, -0.2) is 4.79 Å². The standard InChI is InChI=1S/C15H30N2O4/c1-7-8-10(18)13(19)17-12(11(16)9(2)3)14(20)21-15(4,5)6/h9-12,18H,7-8,16H2,1-6H3,(H,17,19)/t10?,11-,12-/m0/s1. The molecule has 0 spiro atoms. The van der Waals surface area contributed by atoms with Crippen LogP contribution in [0.15, 0.2) is 0 Å². The van der Waals surface area contributed by atoms with E-state index >= 15 is 0 Å². The second-order valence-corrected chi connectivity index (χ2v) is 6.65. The number of aliphatic hydroxyl groups excluding tert-OH is 1. The van der Waals surface area contributed by atoms with Crippen molar-refractivity contribution in [2.45, 2.75) is 78.2 Å². The summed E-state index contributed by atoms with van der Waals surface area (Å²) in [5, 5.41) is 12.2. The molecule has 0 aromatic rings. The van der Waals surface area contributed by atoms with E-state index in [0.29, 0.717) is 12.8 Å². The molecule has 0 aromatic heterocycles. The minimum absolute atomic E-state index is 0.0221. The van der Waals surface area contributed by atoms with Crippen molar-refractivity contribution in [2.75, 3.05) is 0 Å². The van der Waals surface area contributed by atoms with E-state index in [1.165, 1.54) is 0 Å². The molecule has 4 N–H and O–H groups in total. The van der Waals surface area contributed by atoms with Crippen LogP contribution in [0.2, 0.25) is 0 Å². The summed E-state index contributed by atoms with van der Waals surface area (Å²) in [7, 11) is 0. The number of ether oxygens (including phenoxy) is 1. The number of aliphatic hydroxyl groups is 1. The van der Waals surface area contributed by atoms with Crippen LogP contribution in [-0.4, -0.2) is 40.8 Å². The first kappa shape index (κ1) is 19.9. The molecular weight excluding hydrogens is 272 g/mol. The molecule has 0 aliphatic carbocycles. The molecule has 0 aliphatic rings. The average Bonchev–Trinajstić information content (AvgIpc) is 2.32. The van der Waals surface area contributed by atoms with Gasteiger partial charge in [0.25, 0.3) is 0 Å². The van der Waals surface area contributed by atoms with Gasteiger partial charge in [-0.05, 0) is 33.1 Å². The van der Waals surface area contributed by atoms with Gasteiger partial charge in [0, 0.05) is 6.04 Å². The van der Waals surface area contributed by atoms with Crippen LogP contribution < -0.4 is 11.1 Å². The van der Waals surface area contributed by atoms with E-state index in [-0.39, 0.29) is 5.92 Å². The lowest BCUT2D eigenvalue weighted by Gasteiger charge is -2.30. The highest BCUT2D eigenvalue weighted by Crippen LogP contribution is 2.13. The Balaban J connectivity index is 4.99. The van der Waals surface area contributed by atoms with Gasteiger partial charge in [0.1, 0.15) is 17.7 Å². The Hall–Kier alpha value is -1.14. The Kier molecular flexibility index (Phi) is 7.89. The quantitative estimate of drug-likeness (QED) is 0.608. The second-order valence-electron chi connectivity index (χ2n) is 6.65. The summed E-state index contributed by atoms with van der Waals surface area (Å²) < 4.78 is 5.30. The molecule has 0 saturated carbocycles. The van der Waals surface area contributed by atoms with Gasteiger partial charge in [0.15, 0.2) is 0 Å². The van der Waals surface area contributed by atoms with Crippen molar-refractivity contribution in [1.29, 1.82) is 0 Å². The molecule has 0 aliphatic heterocycles. The van der Waals surface area contributed by atoms with Crippen molar-refractivity contribution in [3.05, 3.63) is 0 Å². The molecule has 0 rings (SSSR count). The normalized spacial score (nSPS) is 16.2. The van der Waals surface area contributed by atoms with Gasteiger partial charge in [0.05, 0.1) is 0 Å². The number of carbonyl (C=O) groups excluding carboxylic acids is 2. The summed E-state index contributed by atoms with van der Waals surface area (Å²) in [6, 6.07) is -1.55. The first-order valence-electron chi connectivity index (χ1n) is 7.46. The molecular formula is C15H30N2O4. The molecule has 1 amide bonds. The van der Waals surface area contributed by atoms with Crippen molar-refractivity contribution in [1.82, 2.24) is 5.32 Å². The SMILES string of the molecule is CCCC(O)C(=O)N[C@H](C(=O)OC(C)(C)C)[C@@H](N)C(C)C. The molecule has 0 heterocycles. The van der Waals surface area contributed by atoms with E-state index in [0.717, 1.165) is 0 Å². The van der Waals surface area contributed by atoms with Gasteiger partial charge >= 0.3 is 5.97 Å². The molecule has 0 radical (unpaired) electrons. The highest BCUT2D eigenvalue weighted by atomic mass is 16.6. The predicted molar refractivity (Wildman–Crippen MR) is 81.5 cm³/mol. The fourth-order valence-electron chi connectivity index (χ4n) is 1.72. The van der Waals surface area contributed by atoms with Crippen LogP contribution in [-0.2, 0) is 14.3 Å². The van der Waals surface area contributed by atoms with Crippen LogP contribution in [0.25, 0.3) is 0 Å². The maximum absolute atomic E-state index is 12.2. The highest BCUT2D eigenvalue weighted by Gasteiger charge is 2.34. The largest absolute Gasteiger partial charge is 0.458 e. The summed E-state index contributed by atoms with van der Waals surface area (Å²) in [6.45, 7) is 10.8. The van der Waals surface area contributed by atoms with Crippen LogP contribution in [0, 0.1) is 5.92 Å². The number of nitrogens with one attached hydrogen (secondary N) is 1. The number of carbonyl (C=O) groups is 2.